The van der Waals surface area contributed by atoms with E-state index in [0.717, 1.165) is 79.1 Å². The quantitative estimate of drug-likeness (QED) is 0.564. The van der Waals surface area contributed by atoms with E-state index in [2.05, 4.69) is 34.1 Å². The number of rotatable bonds is 5. The molecule has 2 saturated heterocycles. The minimum absolute atomic E-state index is 0.110. The summed E-state index contributed by atoms with van der Waals surface area (Å²) in [7, 11) is 1.80. The SMILES string of the molecule is COC1CCC2(CC1)Cc1ccc(Br)cc1C21N=C(SCC2CCO2)N(CC2CCO2)C1=O. The Morgan fingerprint density at radius 1 is 1.18 bits per heavy atom. The van der Waals surface area contributed by atoms with Gasteiger partial charge in [0.2, 0.25) is 0 Å². The molecule has 0 aromatic heterocycles. The van der Waals surface area contributed by atoms with E-state index >= 15 is 0 Å². The molecule has 1 saturated carbocycles. The number of hydrogen-bond donors (Lipinski definition) is 0. The molecular weight excluding hydrogens is 504 g/mol. The van der Waals surface area contributed by atoms with Crippen molar-refractivity contribution in [2.24, 2.45) is 10.4 Å². The van der Waals surface area contributed by atoms with Crippen LogP contribution in [0.25, 0.3) is 0 Å². The molecule has 6 rings (SSSR count). The van der Waals surface area contributed by atoms with Crippen LogP contribution >= 0.6 is 27.7 Å². The van der Waals surface area contributed by atoms with E-state index in [1.54, 1.807) is 18.9 Å². The van der Waals surface area contributed by atoms with Crippen LogP contribution in [-0.4, -0.2) is 66.9 Å². The zero-order chi connectivity index (χ0) is 22.6. The van der Waals surface area contributed by atoms with Crippen LogP contribution in [0, 0.1) is 5.41 Å². The Hall–Kier alpha value is -0.930. The van der Waals surface area contributed by atoms with Crippen LogP contribution in [0.1, 0.15) is 49.7 Å². The molecule has 1 aromatic rings. The van der Waals surface area contributed by atoms with E-state index in [-0.39, 0.29) is 29.6 Å². The van der Waals surface area contributed by atoms with Crippen LogP contribution in [-0.2, 0) is 31.0 Å². The van der Waals surface area contributed by atoms with Gasteiger partial charge in [-0.25, -0.2) is 4.99 Å². The van der Waals surface area contributed by atoms with Crippen molar-refractivity contribution in [3.63, 3.8) is 0 Å². The third-order valence-electron chi connectivity index (χ3n) is 8.40. The third-order valence-corrected chi connectivity index (χ3v) is 10.0. The smallest absolute Gasteiger partial charge is 0.261 e. The number of halogens is 1. The number of methoxy groups -OCH3 is 1. The molecule has 2 spiro atoms. The summed E-state index contributed by atoms with van der Waals surface area (Å²) in [6.07, 6.45) is 7.48. The molecule has 1 amide bonds. The Morgan fingerprint density at radius 3 is 2.55 bits per heavy atom. The average Bonchev–Trinajstić information content (AvgIpc) is 3.18. The largest absolute Gasteiger partial charge is 0.381 e. The second-order valence-electron chi connectivity index (χ2n) is 10.1. The van der Waals surface area contributed by atoms with Crippen molar-refractivity contribution in [1.82, 2.24) is 4.90 Å². The van der Waals surface area contributed by atoms with Crippen molar-refractivity contribution in [3.05, 3.63) is 33.8 Å². The Balaban J connectivity index is 1.42. The van der Waals surface area contributed by atoms with Crippen molar-refractivity contribution in [2.45, 2.75) is 68.8 Å². The molecule has 0 radical (unpaired) electrons. The summed E-state index contributed by atoms with van der Waals surface area (Å²) in [6, 6.07) is 6.43. The maximum Gasteiger partial charge on any atom is 0.261 e. The molecule has 1 aromatic carbocycles. The van der Waals surface area contributed by atoms with Gasteiger partial charge >= 0.3 is 0 Å². The molecule has 0 bridgehead atoms. The number of aliphatic imine (C=N–C) groups is 1. The van der Waals surface area contributed by atoms with E-state index in [0.29, 0.717) is 6.54 Å². The maximum absolute atomic E-state index is 14.5. The zero-order valence-electron chi connectivity index (χ0n) is 19.1. The van der Waals surface area contributed by atoms with Crippen molar-refractivity contribution >= 4 is 38.8 Å². The van der Waals surface area contributed by atoms with Gasteiger partial charge in [0.25, 0.3) is 5.91 Å². The lowest BCUT2D eigenvalue weighted by Gasteiger charge is -2.45. The predicted molar refractivity (Wildman–Crippen MR) is 132 cm³/mol. The average molecular weight is 536 g/mol. The summed E-state index contributed by atoms with van der Waals surface area (Å²) in [4.78, 5) is 21.9. The number of carbonyl (C=O) groups excluding carboxylic acids is 1. The zero-order valence-corrected chi connectivity index (χ0v) is 21.5. The summed E-state index contributed by atoms with van der Waals surface area (Å²) in [5.74, 6) is 0.983. The van der Waals surface area contributed by atoms with Gasteiger partial charge in [-0.05, 0) is 68.2 Å². The lowest BCUT2D eigenvalue weighted by Crippen LogP contribution is -2.53. The lowest BCUT2D eigenvalue weighted by molar-refractivity contribution is -0.141. The molecule has 6 nitrogen and oxygen atoms in total. The van der Waals surface area contributed by atoms with Crippen LogP contribution in [0.2, 0.25) is 0 Å². The number of ether oxygens (including phenoxy) is 3. The second-order valence-corrected chi connectivity index (χ2v) is 12.0. The van der Waals surface area contributed by atoms with E-state index in [1.807, 2.05) is 4.90 Å². The van der Waals surface area contributed by atoms with Crippen LogP contribution in [0.4, 0.5) is 0 Å². The molecule has 3 heterocycles. The Morgan fingerprint density at radius 2 is 1.91 bits per heavy atom. The summed E-state index contributed by atoms with van der Waals surface area (Å²) >= 11 is 5.36. The Kier molecular flexibility index (Phi) is 5.89. The molecule has 3 unspecified atom stereocenters. The highest BCUT2D eigenvalue weighted by atomic mass is 79.9. The molecule has 0 N–H and O–H groups in total. The van der Waals surface area contributed by atoms with Crippen molar-refractivity contribution in [2.75, 3.05) is 32.6 Å². The van der Waals surface area contributed by atoms with Crippen molar-refractivity contribution in [1.29, 1.82) is 0 Å². The number of amides is 1. The topological polar surface area (TPSA) is 60.4 Å². The molecule has 33 heavy (non-hydrogen) atoms. The van der Waals surface area contributed by atoms with Gasteiger partial charge in [-0.3, -0.25) is 9.69 Å². The Bertz CT molecular complexity index is 971. The molecule has 3 aliphatic heterocycles. The van der Waals surface area contributed by atoms with Crippen LogP contribution in [0.5, 0.6) is 0 Å². The molecular formula is C25H31BrN2O4S. The summed E-state index contributed by atoms with van der Waals surface area (Å²) in [5.41, 5.74) is 1.31. The first-order valence-corrected chi connectivity index (χ1v) is 13.9. The monoisotopic (exact) mass is 534 g/mol. The number of thioether (sulfide) groups is 1. The van der Waals surface area contributed by atoms with Gasteiger partial charge in [-0.2, -0.15) is 0 Å². The molecule has 8 heteroatoms. The molecule has 5 aliphatic rings. The lowest BCUT2D eigenvalue weighted by atomic mass is 9.61. The molecule has 3 fully saturated rings. The van der Waals surface area contributed by atoms with Crippen LogP contribution in [0.3, 0.4) is 0 Å². The van der Waals surface area contributed by atoms with Gasteiger partial charge in [0, 0.05) is 36.0 Å². The van der Waals surface area contributed by atoms with Gasteiger partial charge in [0.15, 0.2) is 10.7 Å². The first kappa shape index (κ1) is 22.5. The minimum Gasteiger partial charge on any atom is -0.381 e. The van der Waals surface area contributed by atoms with Gasteiger partial charge in [-0.1, -0.05) is 33.8 Å². The predicted octanol–water partition coefficient (Wildman–Crippen LogP) is 4.29. The number of fused-ring (bicyclic) bond motifs is 3. The van der Waals surface area contributed by atoms with Gasteiger partial charge < -0.3 is 14.2 Å². The fourth-order valence-electron chi connectivity index (χ4n) is 6.28. The summed E-state index contributed by atoms with van der Waals surface area (Å²) in [5, 5.41) is 0.854. The number of hydrogen-bond acceptors (Lipinski definition) is 6. The van der Waals surface area contributed by atoms with Gasteiger partial charge in [0.1, 0.15) is 0 Å². The summed E-state index contributed by atoms with van der Waals surface area (Å²) < 4.78 is 18.1. The fourth-order valence-corrected chi connectivity index (χ4v) is 7.75. The number of nitrogens with zero attached hydrogens (tertiary/aromatic N) is 2. The first-order valence-electron chi connectivity index (χ1n) is 12.1. The van der Waals surface area contributed by atoms with E-state index in [9.17, 15) is 4.79 Å². The van der Waals surface area contributed by atoms with Gasteiger partial charge in [0.05, 0.1) is 24.9 Å². The van der Waals surface area contributed by atoms with Gasteiger partial charge in [-0.15, -0.1) is 0 Å². The minimum atomic E-state index is -0.850. The third kappa shape index (κ3) is 3.54. The summed E-state index contributed by atoms with van der Waals surface area (Å²) in [6.45, 7) is 2.22. The van der Waals surface area contributed by atoms with Crippen LogP contribution < -0.4 is 0 Å². The molecule has 3 atom stereocenters. The number of benzene rings is 1. The number of amidine groups is 1. The highest BCUT2D eigenvalue weighted by Crippen LogP contribution is 2.62. The fraction of sp³-hybridized carbons (Fsp3) is 0.680. The van der Waals surface area contributed by atoms with Crippen molar-refractivity contribution < 1.29 is 19.0 Å². The van der Waals surface area contributed by atoms with Crippen LogP contribution in [0.15, 0.2) is 27.7 Å². The van der Waals surface area contributed by atoms with E-state index in [4.69, 9.17) is 19.2 Å². The second kappa shape index (κ2) is 8.63. The van der Waals surface area contributed by atoms with Crippen molar-refractivity contribution in [3.8, 4) is 0 Å². The van der Waals surface area contributed by atoms with E-state index < -0.39 is 5.54 Å². The highest BCUT2D eigenvalue weighted by Gasteiger charge is 2.67. The molecule has 2 aliphatic carbocycles. The maximum atomic E-state index is 14.5. The number of carbonyl (C=O) groups is 1. The normalized spacial score (nSPS) is 37.3. The Labute approximate surface area is 207 Å². The highest BCUT2D eigenvalue weighted by molar-refractivity contribution is 9.10. The standard InChI is InChI=1S/C25H31BrN2O4S/c1-30-18-4-8-24(9-5-18)13-16-2-3-17(26)12-21(16)25(24)22(29)28(14-19-6-10-31-19)23(27-25)33-15-20-7-11-32-20/h2-3,12,18-20H,4-11,13-15H2,1H3. The first-order chi connectivity index (χ1) is 16.0. The van der Waals surface area contributed by atoms with E-state index in [1.165, 1.54) is 5.56 Å². The molecule has 178 valence electrons.